The maximum atomic E-state index is 13.6. The number of aliphatic hydroxyl groups is 1. The summed E-state index contributed by atoms with van der Waals surface area (Å²) in [6.07, 6.45) is 0.816. The monoisotopic (exact) mass is 521 g/mol. The van der Waals surface area contributed by atoms with Gasteiger partial charge in [0.2, 0.25) is 0 Å². The zero-order valence-electron chi connectivity index (χ0n) is 21.1. The van der Waals surface area contributed by atoms with Gasteiger partial charge in [0.1, 0.15) is 23.0 Å². The molecule has 192 valence electrons. The van der Waals surface area contributed by atoms with E-state index in [0.29, 0.717) is 29.4 Å². The van der Waals surface area contributed by atoms with Crippen LogP contribution in [0.4, 0.5) is 5.69 Å². The van der Waals surface area contributed by atoms with Crippen molar-refractivity contribution in [2.24, 2.45) is 0 Å². The number of nitrogens with zero attached hydrogens (tertiary/aromatic N) is 1. The smallest absolute Gasteiger partial charge is 0.300 e. The van der Waals surface area contributed by atoms with E-state index >= 15 is 0 Å². The number of hydrogen-bond acceptors (Lipinski definition) is 6. The fourth-order valence-electron chi connectivity index (χ4n) is 4.49. The number of methoxy groups -OCH3 is 2. The van der Waals surface area contributed by atoms with E-state index in [1.807, 2.05) is 6.92 Å². The molecule has 1 fully saturated rings. The van der Waals surface area contributed by atoms with Crippen LogP contribution in [0.5, 0.6) is 17.2 Å². The Morgan fingerprint density at radius 3 is 2.49 bits per heavy atom. The van der Waals surface area contributed by atoms with Gasteiger partial charge in [-0.1, -0.05) is 42.8 Å². The summed E-state index contributed by atoms with van der Waals surface area (Å²) >= 11 is 6.38. The van der Waals surface area contributed by atoms with Crippen molar-refractivity contribution in [3.05, 3.63) is 87.9 Å². The van der Waals surface area contributed by atoms with Crippen molar-refractivity contribution in [3.8, 4) is 17.2 Å². The first-order valence-electron chi connectivity index (χ1n) is 11.8. The Morgan fingerprint density at radius 2 is 1.78 bits per heavy atom. The summed E-state index contributed by atoms with van der Waals surface area (Å²) in [5, 5.41) is 11.8. The molecule has 0 bridgehead atoms. The minimum absolute atomic E-state index is 0.102. The SMILES string of the molecule is CCCOc1cccc(N2C(=O)C(=O)/C(=C(/O)c3cc(C)cc(Cl)c3OC)C2c2ccccc2OC)c1. The molecule has 4 rings (SSSR count). The summed E-state index contributed by atoms with van der Waals surface area (Å²) in [4.78, 5) is 28.5. The lowest BCUT2D eigenvalue weighted by molar-refractivity contribution is -0.132. The van der Waals surface area contributed by atoms with E-state index in [2.05, 4.69) is 0 Å². The van der Waals surface area contributed by atoms with E-state index in [1.165, 1.54) is 19.1 Å². The number of para-hydroxylation sites is 1. The van der Waals surface area contributed by atoms with Crippen molar-refractivity contribution in [2.75, 3.05) is 25.7 Å². The minimum Gasteiger partial charge on any atom is -0.507 e. The summed E-state index contributed by atoms with van der Waals surface area (Å²) in [5.41, 5.74) is 1.83. The largest absolute Gasteiger partial charge is 0.507 e. The normalized spacial score (nSPS) is 16.7. The highest BCUT2D eigenvalue weighted by atomic mass is 35.5. The molecule has 3 aromatic rings. The zero-order chi connectivity index (χ0) is 26.7. The summed E-state index contributed by atoms with van der Waals surface area (Å²) in [7, 11) is 2.93. The van der Waals surface area contributed by atoms with Crippen LogP contribution in [-0.4, -0.2) is 37.6 Å². The molecule has 0 saturated carbocycles. The summed E-state index contributed by atoms with van der Waals surface area (Å²) < 4.78 is 16.8. The van der Waals surface area contributed by atoms with E-state index in [0.717, 1.165) is 12.0 Å². The quantitative estimate of drug-likeness (QED) is 0.220. The molecule has 3 aromatic carbocycles. The number of aryl methyl sites for hydroxylation is 1. The van der Waals surface area contributed by atoms with Gasteiger partial charge >= 0.3 is 0 Å². The predicted octanol–water partition coefficient (Wildman–Crippen LogP) is 6.08. The third-order valence-electron chi connectivity index (χ3n) is 6.09. The van der Waals surface area contributed by atoms with Gasteiger partial charge in [0, 0.05) is 17.3 Å². The van der Waals surface area contributed by atoms with Crippen LogP contribution in [0.2, 0.25) is 5.02 Å². The van der Waals surface area contributed by atoms with Gasteiger partial charge in [0.05, 0.1) is 43.0 Å². The number of aliphatic hydroxyl groups excluding tert-OH is 1. The Morgan fingerprint density at radius 1 is 1.03 bits per heavy atom. The summed E-state index contributed by atoms with van der Waals surface area (Å²) in [6, 6.07) is 16.4. The first kappa shape index (κ1) is 26.1. The number of hydrogen-bond donors (Lipinski definition) is 1. The van der Waals surface area contributed by atoms with Crippen molar-refractivity contribution in [1.29, 1.82) is 0 Å². The Balaban J connectivity index is 1.99. The summed E-state index contributed by atoms with van der Waals surface area (Å²) in [5.74, 6) is -0.803. The second kappa shape index (κ2) is 11.0. The number of Topliss-reactive ketones (excluding diaryl/α,β-unsaturated/α-hetero) is 1. The third kappa shape index (κ3) is 4.87. The van der Waals surface area contributed by atoms with Crippen molar-refractivity contribution in [3.63, 3.8) is 0 Å². The molecule has 37 heavy (non-hydrogen) atoms. The number of ketones is 1. The molecule has 1 saturated heterocycles. The number of carbonyl (C=O) groups is 2. The van der Waals surface area contributed by atoms with Gasteiger partial charge in [0.25, 0.3) is 11.7 Å². The Hall–Kier alpha value is -3.97. The van der Waals surface area contributed by atoms with Gasteiger partial charge in [-0.15, -0.1) is 0 Å². The van der Waals surface area contributed by atoms with E-state index in [4.69, 9.17) is 25.8 Å². The molecular formula is C29H28ClNO6. The second-order valence-corrected chi connectivity index (χ2v) is 8.99. The number of rotatable bonds is 8. The Bertz CT molecular complexity index is 1380. The average molecular weight is 522 g/mol. The molecule has 0 spiro atoms. The number of amides is 1. The van der Waals surface area contributed by atoms with Gasteiger partial charge in [0.15, 0.2) is 0 Å². The van der Waals surface area contributed by atoms with Crippen LogP contribution in [0.15, 0.2) is 66.2 Å². The molecule has 8 heteroatoms. The number of ether oxygens (including phenoxy) is 3. The summed E-state index contributed by atoms with van der Waals surface area (Å²) in [6.45, 7) is 4.31. The average Bonchev–Trinajstić information content (AvgIpc) is 3.16. The highest BCUT2D eigenvalue weighted by molar-refractivity contribution is 6.51. The molecule has 1 heterocycles. The van der Waals surface area contributed by atoms with Crippen LogP contribution < -0.4 is 19.1 Å². The molecule has 1 aliphatic heterocycles. The van der Waals surface area contributed by atoms with Crippen molar-refractivity contribution >= 4 is 34.7 Å². The van der Waals surface area contributed by atoms with E-state index in [1.54, 1.807) is 67.6 Å². The molecular weight excluding hydrogens is 494 g/mol. The minimum atomic E-state index is -0.985. The van der Waals surface area contributed by atoms with Crippen molar-refractivity contribution < 1.29 is 28.9 Å². The topological polar surface area (TPSA) is 85.3 Å². The first-order valence-corrected chi connectivity index (χ1v) is 12.2. The van der Waals surface area contributed by atoms with Crippen molar-refractivity contribution in [2.45, 2.75) is 26.3 Å². The van der Waals surface area contributed by atoms with Crippen LogP contribution >= 0.6 is 11.6 Å². The van der Waals surface area contributed by atoms with Crippen LogP contribution in [0.1, 0.15) is 36.1 Å². The second-order valence-electron chi connectivity index (χ2n) is 8.58. The van der Waals surface area contributed by atoms with E-state index in [9.17, 15) is 14.7 Å². The standard InChI is InChI=1S/C29H28ClNO6/c1-5-13-37-19-10-8-9-18(16-19)31-25(20-11-6-7-12-23(20)35-3)24(27(33)29(31)34)26(32)21-14-17(2)15-22(30)28(21)36-4/h6-12,14-16,25,32H,5,13H2,1-4H3/b26-24+. The molecule has 1 aliphatic rings. The van der Waals surface area contributed by atoms with Gasteiger partial charge < -0.3 is 19.3 Å². The molecule has 0 aliphatic carbocycles. The van der Waals surface area contributed by atoms with Crippen LogP contribution in [0, 0.1) is 6.92 Å². The molecule has 1 amide bonds. The lowest BCUT2D eigenvalue weighted by Crippen LogP contribution is -2.29. The third-order valence-corrected chi connectivity index (χ3v) is 6.37. The zero-order valence-corrected chi connectivity index (χ0v) is 21.8. The highest BCUT2D eigenvalue weighted by Crippen LogP contribution is 2.47. The Labute approximate surface area is 220 Å². The fraction of sp³-hybridized carbons (Fsp3) is 0.241. The predicted molar refractivity (Wildman–Crippen MR) is 143 cm³/mol. The van der Waals surface area contributed by atoms with Gasteiger partial charge in [-0.05, 0) is 49.2 Å². The maximum Gasteiger partial charge on any atom is 0.300 e. The number of halogens is 1. The number of anilines is 1. The van der Waals surface area contributed by atoms with Crippen molar-refractivity contribution in [1.82, 2.24) is 0 Å². The molecule has 1 N–H and O–H groups in total. The lowest BCUT2D eigenvalue weighted by Gasteiger charge is -2.27. The van der Waals surface area contributed by atoms with E-state index < -0.39 is 23.5 Å². The fourth-order valence-corrected chi connectivity index (χ4v) is 4.84. The van der Waals surface area contributed by atoms with Crippen LogP contribution in [0.3, 0.4) is 0 Å². The van der Waals surface area contributed by atoms with Gasteiger partial charge in [-0.3, -0.25) is 14.5 Å². The molecule has 7 nitrogen and oxygen atoms in total. The number of benzene rings is 3. The molecule has 1 unspecified atom stereocenters. The van der Waals surface area contributed by atoms with Crippen LogP contribution in [0.25, 0.3) is 5.76 Å². The lowest BCUT2D eigenvalue weighted by atomic mass is 9.93. The molecule has 1 atom stereocenters. The maximum absolute atomic E-state index is 13.6. The van der Waals surface area contributed by atoms with Crippen LogP contribution in [-0.2, 0) is 9.59 Å². The number of carbonyl (C=O) groups excluding carboxylic acids is 2. The Kier molecular flexibility index (Phi) is 7.74. The highest BCUT2D eigenvalue weighted by Gasteiger charge is 2.48. The van der Waals surface area contributed by atoms with E-state index in [-0.39, 0.29) is 21.9 Å². The van der Waals surface area contributed by atoms with Gasteiger partial charge in [-0.2, -0.15) is 0 Å². The van der Waals surface area contributed by atoms with Gasteiger partial charge in [-0.25, -0.2) is 0 Å². The molecule has 0 radical (unpaired) electrons. The first-order chi connectivity index (χ1) is 17.8. The molecule has 0 aromatic heterocycles.